The van der Waals surface area contributed by atoms with Crippen molar-refractivity contribution in [3.63, 3.8) is 0 Å². The van der Waals surface area contributed by atoms with E-state index in [2.05, 4.69) is 103 Å². The Morgan fingerprint density at radius 3 is 1.49 bits per heavy atom. The summed E-state index contributed by atoms with van der Waals surface area (Å²) in [5.41, 5.74) is 15.2. The second-order valence-electron chi connectivity index (χ2n) is 11.8. The van der Waals surface area contributed by atoms with Gasteiger partial charge in [0.25, 0.3) is 0 Å². The van der Waals surface area contributed by atoms with Gasteiger partial charge in [0, 0.05) is 0 Å². The molecule has 0 fully saturated rings. The minimum Gasteiger partial charge on any atom is -0.250 e. The molecule has 45 heavy (non-hydrogen) atoms. The fourth-order valence-electron chi connectivity index (χ4n) is 6.86. The smallest absolute Gasteiger partial charge is 0.202 e. The summed E-state index contributed by atoms with van der Waals surface area (Å²) >= 11 is 0. The zero-order valence-corrected chi connectivity index (χ0v) is 25.7. The van der Waals surface area contributed by atoms with E-state index in [4.69, 9.17) is 26.3 Å². The molecule has 4 aromatic carbocycles. The van der Waals surface area contributed by atoms with Crippen molar-refractivity contribution in [2.45, 2.75) is 47.7 Å². The highest BCUT2D eigenvalue weighted by atomic mass is 15.4. The third-order valence-electron chi connectivity index (χ3n) is 9.19. The van der Waals surface area contributed by atoms with Gasteiger partial charge in [0.1, 0.15) is 22.4 Å². The van der Waals surface area contributed by atoms with E-state index >= 15 is 0 Å². The van der Waals surface area contributed by atoms with Gasteiger partial charge in [0.05, 0.1) is 48.2 Å². The van der Waals surface area contributed by atoms with Crippen LogP contribution in [0.2, 0.25) is 0 Å². The minimum absolute atomic E-state index is 0.419. The molecule has 8 heteroatoms. The van der Waals surface area contributed by atoms with Crippen molar-refractivity contribution < 1.29 is 9.36 Å². The maximum absolute atomic E-state index is 7.33. The van der Waals surface area contributed by atoms with Gasteiger partial charge >= 0.3 is 0 Å². The molecule has 0 N–H and O–H groups in total. The Morgan fingerprint density at radius 2 is 0.978 bits per heavy atom. The number of fused-ring (bicyclic) bond motifs is 10. The van der Waals surface area contributed by atoms with Crippen LogP contribution in [-0.2, 0) is 13.1 Å². The summed E-state index contributed by atoms with van der Waals surface area (Å²) in [6, 6.07) is 13.8. The highest BCUT2D eigenvalue weighted by Crippen LogP contribution is 2.38. The van der Waals surface area contributed by atoms with Crippen molar-refractivity contribution in [1.82, 2.24) is 9.36 Å². The quantitative estimate of drug-likeness (QED) is 0.127. The number of hydrogen-bond donors (Lipinski definition) is 0. The number of aryl methyl sites for hydroxylation is 4. The van der Waals surface area contributed by atoms with Crippen LogP contribution >= 0.6 is 0 Å². The van der Waals surface area contributed by atoms with Gasteiger partial charge in [-0.2, -0.15) is 0 Å². The summed E-state index contributed by atoms with van der Waals surface area (Å²) in [7, 11) is 0. The lowest BCUT2D eigenvalue weighted by Crippen LogP contribution is -2.36. The summed E-state index contributed by atoms with van der Waals surface area (Å²) in [6.45, 7) is 41.5. The van der Waals surface area contributed by atoms with Crippen LogP contribution < -0.4 is 9.36 Å². The fourth-order valence-corrected chi connectivity index (χ4v) is 6.86. The van der Waals surface area contributed by atoms with E-state index in [1.807, 2.05) is 24.3 Å². The second kappa shape index (κ2) is 9.92. The van der Waals surface area contributed by atoms with E-state index in [9.17, 15) is 0 Å². The van der Waals surface area contributed by atoms with Crippen LogP contribution in [0.25, 0.3) is 52.6 Å². The molecule has 0 unspecified atom stereocenters. The molecule has 0 spiro atoms. The topological polar surface area (TPSA) is 35.1 Å². The normalized spacial score (nSPS) is 11.8. The van der Waals surface area contributed by atoms with Crippen LogP contribution in [0.4, 0.5) is 22.7 Å². The summed E-state index contributed by atoms with van der Waals surface area (Å²) in [5.74, 6) is 0. The predicted molar refractivity (Wildman–Crippen MR) is 174 cm³/mol. The van der Waals surface area contributed by atoms with E-state index in [1.54, 1.807) is 0 Å². The molecule has 2 aliphatic rings. The molecule has 0 saturated heterocycles. The van der Waals surface area contributed by atoms with Gasteiger partial charge in [-0.25, -0.2) is 0 Å². The van der Waals surface area contributed by atoms with Crippen LogP contribution in [0, 0.1) is 60.9 Å². The van der Waals surface area contributed by atoms with Crippen LogP contribution in [0.3, 0.4) is 0 Å². The number of nitrogens with zero attached hydrogens (tertiary/aromatic N) is 8. The van der Waals surface area contributed by atoms with Crippen LogP contribution in [0.1, 0.15) is 38.9 Å². The zero-order valence-electron chi connectivity index (χ0n) is 25.7. The Hall–Kier alpha value is -6.22. The lowest BCUT2D eigenvalue weighted by Gasteiger charge is -2.08. The molecular formula is C37H28N8+2. The van der Waals surface area contributed by atoms with E-state index < -0.39 is 0 Å². The second-order valence-corrected chi connectivity index (χ2v) is 11.8. The molecule has 0 atom stereocenters. The Balaban J connectivity index is 0.000000145. The van der Waals surface area contributed by atoms with E-state index in [0.717, 1.165) is 34.9 Å². The van der Waals surface area contributed by atoms with Crippen LogP contribution in [0.5, 0.6) is 0 Å². The van der Waals surface area contributed by atoms with Gasteiger partial charge in [-0.3, -0.25) is 19.4 Å². The van der Waals surface area contributed by atoms with Gasteiger partial charge in [-0.1, -0.05) is 30.3 Å². The average Bonchev–Trinajstić information content (AvgIpc) is 3.78. The Morgan fingerprint density at radius 1 is 0.533 bits per heavy atom. The molecule has 214 valence electrons. The molecule has 8 nitrogen and oxygen atoms in total. The Bertz CT molecular complexity index is 2480. The molecular weight excluding hydrogens is 556 g/mol. The third kappa shape index (κ3) is 3.94. The summed E-state index contributed by atoms with van der Waals surface area (Å²) < 4.78 is 8.71. The standard InChI is InChI=1S/C19H15N4.C18H13N4/c1-11-6-12(2)19-15(13(11)3)10-22-9-14-7-16(20-4)17(21-5)8-18(14)23(19)22;1-11-5-6-12(2)18-14(11)10-21-9-13-7-15(19-3)16(20-4)8-17(13)22(18)21/h6-9H,10H2,1-3H3;5-9H,10H2,1-2H3/q2*+1. The third-order valence-corrected chi connectivity index (χ3v) is 9.19. The molecule has 2 aromatic heterocycles. The SMILES string of the molecule is [C-]#[N+]c1cc2c[n+]3n(c2cc1[N+]#[C-])-c1c(C)cc(C)c(C)c1C3.[C-]#[N+]c1cc2c[n+]3n(c2cc1[N+]#[C-])-c1c(C)ccc(C)c1C3. The number of hydrogen-bond acceptors (Lipinski definition) is 0. The molecule has 8 rings (SSSR count). The monoisotopic (exact) mass is 584 g/mol. The van der Waals surface area contributed by atoms with Crippen LogP contribution in [0.15, 0.2) is 54.9 Å². The number of aromatic nitrogens is 4. The van der Waals surface area contributed by atoms with Gasteiger partial charge < -0.3 is 0 Å². The van der Waals surface area contributed by atoms with Crippen molar-refractivity contribution in [2.24, 2.45) is 0 Å². The molecule has 4 heterocycles. The largest absolute Gasteiger partial charge is 0.250 e. The van der Waals surface area contributed by atoms with E-state index in [0.29, 0.717) is 22.7 Å². The highest BCUT2D eigenvalue weighted by molar-refractivity contribution is 5.92. The first-order valence-corrected chi connectivity index (χ1v) is 14.6. The Kier molecular flexibility index (Phi) is 6.08. The lowest BCUT2D eigenvalue weighted by molar-refractivity contribution is -0.749. The van der Waals surface area contributed by atoms with E-state index in [1.165, 1.54) is 50.3 Å². The molecule has 2 aliphatic heterocycles. The van der Waals surface area contributed by atoms with Crippen molar-refractivity contribution in [3.8, 4) is 11.4 Å². The summed E-state index contributed by atoms with van der Waals surface area (Å²) in [5, 5.41) is 2.01. The highest BCUT2D eigenvalue weighted by Gasteiger charge is 2.33. The summed E-state index contributed by atoms with van der Waals surface area (Å²) in [4.78, 5) is 14.0. The average molecular weight is 585 g/mol. The first-order chi connectivity index (χ1) is 21.7. The van der Waals surface area contributed by atoms with Gasteiger partial charge in [0.2, 0.25) is 12.4 Å². The first kappa shape index (κ1) is 27.6. The first-order valence-electron chi connectivity index (χ1n) is 14.6. The zero-order chi connectivity index (χ0) is 31.7. The minimum atomic E-state index is 0.419. The van der Waals surface area contributed by atoms with Crippen LogP contribution in [-0.4, -0.2) is 9.36 Å². The summed E-state index contributed by atoms with van der Waals surface area (Å²) in [6.07, 6.45) is 4.14. The lowest BCUT2D eigenvalue weighted by atomic mass is 9.98. The molecule has 0 aliphatic carbocycles. The van der Waals surface area contributed by atoms with E-state index in [-0.39, 0.29) is 0 Å². The maximum Gasteiger partial charge on any atom is 0.202 e. The predicted octanol–water partition coefficient (Wildman–Crippen LogP) is 8.30. The Labute approximate surface area is 261 Å². The van der Waals surface area contributed by atoms with Gasteiger partial charge in [0.15, 0.2) is 35.8 Å². The van der Waals surface area contributed by atoms with Crippen molar-refractivity contribution >= 4 is 44.6 Å². The van der Waals surface area contributed by atoms with Gasteiger partial charge in [-0.15, -0.1) is 18.7 Å². The number of benzene rings is 4. The molecule has 0 radical (unpaired) electrons. The van der Waals surface area contributed by atoms with Crippen molar-refractivity contribution in [3.05, 3.63) is 139 Å². The van der Waals surface area contributed by atoms with Crippen molar-refractivity contribution in [1.29, 1.82) is 0 Å². The molecule has 6 aromatic rings. The molecule has 0 amide bonds. The molecule has 0 bridgehead atoms. The molecule has 0 saturated carbocycles. The number of rotatable bonds is 0. The van der Waals surface area contributed by atoms with Gasteiger partial charge in [-0.05, 0) is 74.6 Å². The van der Waals surface area contributed by atoms with Crippen molar-refractivity contribution in [2.75, 3.05) is 0 Å². The maximum atomic E-state index is 7.33. The fraction of sp³-hybridized carbons (Fsp3) is 0.189.